The third kappa shape index (κ3) is 1.41. The standard InChI is InChI=1S/C11H9N3O2/c1-16-10-4-2-3-9-11(10)8(5-6-12)7-14(9)13-15/h2-4,7H,5H2,1H3. The van der Waals surface area contributed by atoms with E-state index in [1.807, 2.05) is 0 Å². The number of nitriles is 1. The van der Waals surface area contributed by atoms with Crippen LogP contribution in [-0.2, 0) is 6.42 Å². The number of rotatable bonds is 3. The van der Waals surface area contributed by atoms with Crippen molar-refractivity contribution in [3.8, 4) is 11.8 Å². The first-order valence-electron chi connectivity index (χ1n) is 4.69. The summed E-state index contributed by atoms with van der Waals surface area (Å²) in [5.74, 6) is 0.644. The molecular formula is C11H9N3O2. The zero-order valence-corrected chi connectivity index (χ0v) is 8.67. The second-order valence-electron chi connectivity index (χ2n) is 3.27. The second-order valence-corrected chi connectivity index (χ2v) is 3.27. The van der Waals surface area contributed by atoms with Crippen molar-refractivity contribution in [2.45, 2.75) is 6.42 Å². The molecule has 0 amide bonds. The molecule has 0 fully saturated rings. The predicted molar refractivity (Wildman–Crippen MR) is 59.0 cm³/mol. The van der Waals surface area contributed by atoms with Crippen LogP contribution in [0.5, 0.6) is 5.75 Å². The summed E-state index contributed by atoms with van der Waals surface area (Å²) in [5.41, 5.74) is 1.40. The minimum Gasteiger partial charge on any atom is -0.496 e. The summed E-state index contributed by atoms with van der Waals surface area (Å²) in [5, 5.41) is 12.4. The summed E-state index contributed by atoms with van der Waals surface area (Å²) in [4.78, 5) is 10.6. The highest BCUT2D eigenvalue weighted by Crippen LogP contribution is 2.30. The Labute approximate surface area is 91.8 Å². The number of nitrogens with zero attached hydrogens (tertiary/aromatic N) is 3. The molecule has 5 heteroatoms. The first-order chi connectivity index (χ1) is 7.81. The Morgan fingerprint density at radius 2 is 2.38 bits per heavy atom. The maximum absolute atomic E-state index is 10.6. The Hall–Kier alpha value is -2.35. The lowest BCUT2D eigenvalue weighted by Gasteiger charge is -2.02. The van der Waals surface area contributed by atoms with Crippen LogP contribution in [0.2, 0.25) is 0 Å². The lowest BCUT2D eigenvalue weighted by molar-refractivity contribution is 0.419. The zero-order valence-electron chi connectivity index (χ0n) is 8.67. The topological polar surface area (TPSA) is 67.4 Å². The molecule has 0 saturated carbocycles. The number of benzene rings is 1. The molecule has 2 aromatic rings. The van der Waals surface area contributed by atoms with E-state index in [0.717, 1.165) is 10.9 Å². The fourth-order valence-electron chi connectivity index (χ4n) is 1.77. The van der Waals surface area contributed by atoms with Crippen LogP contribution in [0.3, 0.4) is 0 Å². The van der Waals surface area contributed by atoms with Crippen LogP contribution in [0.1, 0.15) is 5.56 Å². The minimum absolute atomic E-state index is 0.222. The molecule has 16 heavy (non-hydrogen) atoms. The molecule has 0 spiro atoms. The van der Waals surface area contributed by atoms with Crippen molar-refractivity contribution >= 4 is 10.9 Å². The van der Waals surface area contributed by atoms with E-state index in [2.05, 4.69) is 11.4 Å². The lowest BCUT2D eigenvalue weighted by atomic mass is 10.1. The van der Waals surface area contributed by atoms with Crippen molar-refractivity contribution in [2.24, 2.45) is 5.29 Å². The predicted octanol–water partition coefficient (Wildman–Crippen LogP) is 2.25. The van der Waals surface area contributed by atoms with Gasteiger partial charge >= 0.3 is 0 Å². The molecule has 0 bridgehead atoms. The van der Waals surface area contributed by atoms with Crippen LogP contribution in [0, 0.1) is 16.2 Å². The Morgan fingerprint density at radius 1 is 1.56 bits per heavy atom. The number of ether oxygens (including phenoxy) is 1. The molecule has 0 aliphatic rings. The maximum Gasteiger partial charge on any atom is 0.128 e. The highest BCUT2D eigenvalue weighted by Gasteiger charge is 2.12. The summed E-state index contributed by atoms with van der Waals surface area (Å²) >= 11 is 0. The first-order valence-corrected chi connectivity index (χ1v) is 4.69. The fraction of sp³-hybridized carbons (Fsp3) is 0.182. The normalized spacial score (nSPS) is 10.0. The highest BCUT2D eigenvalue weighted by molar-refractivity contribution is 5.90. The van der Waals surface area contributed by atoms with Gasteiger partial charge in [-0.1, -0.05) is 6.07 Å². The monoisotopic (exact) mass is 215 g/mol. The van der Waals surface area contributed by atoms with Gasteiger partial charge in [0.2, 0.25) is 0 Å². The molecule has 0 N–H and O–H groups in total. The number of aromatic nitrogens is 1. The molecule has 1 aromatic carbocycles. The molecule has 0 radical (unpaired) electrons. The van der Waals surface area contributed by atoms with E-state index in [0.29, 0.717) is 11.3 Å². The van der Waals surface area contributed by atoms with Crippen molar-refractivity contribution in [3.63, 3.8) is 0 Å². The molecular weight excluding hydrogens is 206 g/mol. The highest BCUT2D eigenvalue weighted by atomic mass is 16.5. The Morgan fingerprint density at radius 3 is 3.00 bits per heavy atom. The summed E-state index contributed by atoms with van der Waals surface area (Å²) in [6.07, 6.45) is 1.78. The number of hydrogen-bond donors (Lipinski definition) is 0. The van der Waals surface area contributed by atoms with Crippen molar-refractivity contribution in [3.05, 3.63) is 34.9 Å². The zero-order chi connectivity index (χ0) is 11.5. The second kappa shape index (κ2) is 4.03. The van der Waals surface area contributed by atoms with E-state index in [1.54, 1.807) is 31.5 Å². The molecule has 80 valence electrons. The summed E-state index contributed by atoms with van der Waals surface area (Å²) in [6.45, 7) is 0. The van der Waals surface area contributed by atoms with Crippen LogP contribution in [0.15, 0.2) is 29.7 Å². The third-order valence-corrected chi connectivity index (χ3v) is 2.43. The summed E-state index contributed by atoms with van der Waals surface area (Å²) in [6, 6.07) is 7.38. The fourth-order valence-corrected chi connectivity index (χ4v) is 1.77. The van der Waals surface area contributed by atoms with Gasteiger partial charge in [0.25, 0.3) is 0 Å². The summed E-state index contributed by atoms with van der Waals surface area (Å²) in [7, 11) is 1.55. The molecule has 0 atom stereocenters. The quantitative estimate of drug-likeness (QED) is 0.737. The molecule has 1 aromatic heterocycles. The van der Waals surface area contributed by atoms with Gasteiger partial charge in [0, 0.05) is 11.6 Å². The minimum atomic E-state index is 0.222. The van der Waals surface area contributed by atoms with Crippen LogP contribution in [-0.4, -0.2) is 11.8 Å². The number of fused-ring (bicyclic) bond motifs is 1. The Balaban J connectivity index is 2.80. The molecule has 2 rings (SSSR count). The molecule has 0 unspecified atom stereocenters. The van der Waals surface area contributed by atoms with Crippen LogP contribution < -0.4 is 4.74 Å². The van der Waals surface area contributed by atoms with Crippen molar-refractivity contribution < 1.29 is 4.74 Å². The van der Waals surface area contributed by atoms with Gasteiger partial charge in [0.1, 0.15) is 5.75 Å². The average Bonchev–Trinajstić information content (AvgIpc) is 2.68. The number of methoxy groups -OCH3 is 1. The van der Waals surface area contributed by atoms with Gasteiger partial charge in [-0.05, 0) is 17.7 Å². The van der Waals surface area contributed by atoms with E-state index >= 15 is 0 Å². The van der Waals surface area contributed by atoms with E-state index in [9.17, 15) is 4.91 Å². The smallest absolute Gasteiger partial charge is 0.128 e. The van der Waals surface area contributed by atoms with Gasteiger partial charge in [-0.2, -0.15) is 5.26 Å². The van der Waals surface area contributed by atoms with E-state index in [1.165, 1.54) is 4.68 Å². The van der Waals surface area contributed by atoms with E-state index < -0.39 is 0 Å². The molecule has 0 saturated heterocycles. The van der Waals surface area contributed by atoms with Crippen LogP contribution >= 0.6 is 0 Å². The van der Waals surface area contributed by atoms with Gasteiger partial charge in [-0.15, -0.1) is 4.91 Å². The van der Waals surface area contributed by atoms with Gasteiger partial charge in [0.05, 0.1) is 30.4 Å². The first kappa shape index (κ1) is 10.2. The lowest BCUT2D eigenvalue weighted by Crippen LogP contribution is -1.86. The largest absolute Gasteiger partial charge is 0.496 e. The summed E-state index contributed by atoms with van der Waals surface area (Å²) < 4.78 is 6.42. The van der Waals surface area contributed by atoms with Gasteiger partial charge in [0.15, 0.2) is 0 Å². The Bertz CT molecular complexity index is 581. The average molecular weight is 215 g/mol. The third-order valence-electron chi connectivity index (χ3n) is 2.43. The SMILES string of the molecule is COc1cccc2c1c(CC#N)cn2N=O. The van der Waals surface area contributed by atoms with Gasteiger partial charge in [-0.3, -0.25) is 0 Å². The van der Waals surface area contributed by atoms with Gasteiger partial charge in [-0.25, -0.2) is 4.68 Å². The van der Waals surface area contributed by atoms with E-state index in [4.69, 9.17) is 10.00 Å². The van der Waals surface area contributed by atoms with Crippen molar-refractivity contribution in [1.29, 1.82) is 5.26 Å². The van der Waals surface area contributed by atoms with Crippen molar-refractivity contribution in [2.75, 3.05) is 7.11 Å². The molecule has 0 aliphatic carbocycles. The number of hydrogen-bond acceptors (Lipinski definition) is 4. The molecule has 1 heterocycles. The van der Waals surface area contributed by atoms with Gasteiger partial charge < -0.3 is 4.74 Å². The molecule has 5 nitrogen and oxygen atoms in total. The molecule has 0 aliphatic heterocycles. The van der Waals surface area contributed by atoms with E-state index in [-0.39, 0.29) is 6.42 Å². The Kier molecular flexibility index (Phi) is 2.56. The van der Waals surface area contributed by atoms with Crippen LogP contribution in [0.4, 0.5) is 0 Å². The number of nitroso groups, excluding NO2 is 1. The maximum atomic E-state index is 10.6. The van der Waals surface area contributed by atoms with Crippen LogP contribution in [0.25, 0.3) is 10.9 Å². The van der Waals surface area contributed by atoms with Crippen molar-refractivity contribution in [1.82, 2.24) is 4.68 Å².